The monoisotopic (exact) mass is 517 g/mol. The van der Waals surface area contributed by atoms with Crippen molar-refractivity contribution < 1.29 is 32.8 Å². The molecule has 1 saturated heterocycles. The van der Waals surface area contributed by atoms with Crippen LogP contribution in [0.1, 0.15) is 61.3 Å². The maximum atomic E-state index is 14.2. The summed E-state index contributed by atoms with van der Waals surface area (Å²) in [6, 6.07) is 8.68. The van der Waals surface area contributed by atoms with E-state index in [-0.39, 0.29) is 35.3 Å². The van der Waals surface area contributed by atoms with E-state index in [2.05, 4.69) is 0 Å². The minimum atomic E-state index is -4.72. The van der Waals surface area contributed by atoms with Gasteiger partial charge in [-0.1, -0.05) is 43.5 Å². The van der Waals surface area contributed by atoms with Gasteiger partial charge < -0.3 is 14.9 Å². The fourth-order valence-corrected chi connectivity index (χ4v) is 6.29. The number of benzene rings is 2. The molecule has 11 heteroatoms. The number of aliphatic hydroxyl groups is 1. The van der Waals surface area contributed by atoms with E-state index >= 15 is 0 Å². The summed E-state index contributed by atoms with van der Waals surface area (Å²) in [6.07, 6.45) is -0.790. The number of carbonyl (C=O) groups excluding carboxylic acids is 2. The highest BCUT2D eigenvalue weighted by Gasteiger charge is 2.64. The Balaban J connectivity index is 1.76. The lowest BCUT2D eigenvalue weighted by Crippen LogP contribution is -2.57. The highest BCUT2D eigenvalue weighted by molar-refractivity contribution is 6.09. The average Bonchev–Trinajstić information content (AvgIpc) is 3.20. The molecule has 1 N–H and O–H groups in total. The van der Waals surface area contributed by atoms with E-state index in [4.69, 9.17) is 0 Å². The first-order valence-electron chi connectivity index (χ1n) is 12.3. The quantitative estimate of drug-likeness (QED) is 0.463. The molecule has 0 aromatic heterocycles. The minimum Gasteiger partial charge on any atom is -0.392 e. The number of non-ortho nitro benzene ring substituents is 1. The molecule has 2 fully saturated rings. The summed E-state index contributed by atoms with van der Waals surface area (Å²) in [6.45, 7) is -1.99. The number of rotatable bonds is 5. The fraction of sp³-hybridized carbons (Fsp3) is 0.462. The Morgan fingerprint density at radius 3 is 2.32 bits per heavy atom. The van der Waals surface area contributed by atoms with Crippen LogP contribution in [0.25, 0.3) is 0 Å². The highest BCUT2D eigenvalue weighted by Crippen LogP contribution is 2.58. The van der Waals surface area contributed by atoms with E-state index in [1.54, 1.807) is 17.0 Å². The van der Waals surface area contributed by atoms with Crippen molar-refractivity contribution in [2.24, 2.45) is 0 Å². The third-order valence-corrected chi connectivity index (χ3v) is 7.85. The molecule has 5 rings (SSSR count). The number of alkyl halides is 3. The van der Waals surface area contributed by atoms with E-state index in [9.17, 15) is 38.0 Å². The molecule has 3 aliphatic rings. The van der Waals surface area contributed by atoms with Gasteiger partial charge in [-0.25, -0.2) is 0 Å². The second-order valence-corrected chi connectivity index (χ2v) is 10.0. The van der Waals surface area contributed by atoms with Gasteiger partial charge in [-0.2, -0.15) is 13.2 Å². The molecule has 0 radical (unpaired) electrons. The lowest BCUT2D eigenvalue weighted by atomic mass is 9.67. The van der Waals surface area contributed by atoms with E-state index in [1.165, 1.54) is 30.3 Å². The molecule has 2 amide bonds. The molecule has 0 unspecified atom stereocenters. The predicted molar refractivity (Wildman–Crippen MR) is 127 cm³/mol. The van der Waals surface area contributed by atoms with Gasteiger partial charge in [-0.15, -0.1) is 0 Å². The Morgan fingerprint density at radius 1 is 1.05 bits per heavy atom. The molecule has 1 saturated carbocycles. The number of nitro groups is 1. The number of aliphatic hydroxyl groups excluding tert-OH is 1. The van der Waals surface area contributed by atoms with Crippen molar-refractivity contribution in [3.05, 3.63) is 69.3 Å². The Kier molecular flexibility index (Phi) is 6.21. The van der Waals surface area contributed by atoms with Crippen molar-refractivity contribution >= 4 is 23.2 Å². The predicted octanol–water partition coefficient (Wildman–Crippen LogP) is 4.54. The number of carbonyl (C=O) groups is 2. The standard InChI is InChI=1S/C26H26F3N3O5/c27-26(28,29)15-30-21-12-16(14-33)6-11-20(21)23-25(24(30)35,17-7-9-19(10-8-17)32(36)37)13-22(34)31(23)18-4-2-1-3-5-18/h6-12,18,23,33H,1-5,13-15H2/t23-,25-/m1/s1. The van der Waals surface area contributed by atoms with Crippen molar-refractivity contribution in [1.29, 1.82) is 0 Å². The average molecular weight is 518 g/mol. The number of nitrogens with zero attached hydrogens (tertiary/aromatic N) is 3. The summed E-state index contributed by atoms with van der Waals surface area (Å²) in [7, 11) is 0. The summed E-state index contributed by atoms with van der Waals surface area (Å²) in [5.41, 5.74) is -0.877. The van der Waals surface area contributed by atoms with Crippen LogP contribution in [0.4, 0.5) is 24.5 Å². The van der Waals surface area contributed by atoms with Crippen LogP contribution in [0.2, 0.25) is 0 Å². The lowest BCUT2D eigenvalue weighted by molar-refractivity contribution is -0.384. The number of hydrogen-bond acceptors (Lipinski definition) is 5. The SMILES string of the molecule is O=C1C[C@]2(c3ccc([N+](=O)[O-])cc3)C(=O)N(CC(F)(F)F)c3cc(CO)ccc3[C@H]2N1C1CCCCC1. The number of nitro benzene ring substituents is 1. The van der Waals surface area contributed by atoms with Gasteiger partial charge in [0.15, 0.2) is 0 Å². The van der Waals surface area contributed by atoms with Crippen LogP contribution in [0, 0.1) is 10.1 Å². The van der Waals surface area contributed by atoms with E-state index in [0.29, 0.717) is 16.0 Å². The van der Waals surface area contributed by atoms with Crippen LogP contribution in [-0.2, 0) is 21.6 Å². The Labute approximate surface area is 210 Å². The fourth-order valence-electron chi connectivity index (χ4n) is 6.29. The van der Waals surface area contributed by atoms with Gasteiger partial charge in [0.2, 0.25) is 11.8 Å². The molecule has 2 heterocycles. The highest BCUT2D eigenvalue weighted by atomic mass is 19.4. The van der Waals surface area contributed by atoms with Gasteiger partial charge in [0, 0.05) is 30.3 Å². The van der Waals surface area contributed by atoms with Gasteiger partial charge in [0.25, 0.3) is 5.69 Å². The molecule has 2 aromatic rings. The number of halogens is 3. The first-order valence-corrected chi connectivity index (χ1v) is 12.3. The van der Waals surface area contributed by atoms with Gasteiger partial charge in [0.05, 0.1) is 17.6 Å². The second-order valence-electron chi connectivity index (χ2n) is 10.0. The molecule has 8 nitrogen and oxygen atoms in total. The van der Waals surface area contributed by atoms with E-state index < -0.39 is 41.6 Å². The Hall–Kier alpha value is -3.47. The number of hydrogen-bond donors (Lipinski definition) is 1. The maximum absolute atomic E-state index is 14.2. The molecule has 0 spiro atoms. The van der Waals surface area contributed by atoms with Crippen molar-refractivity contribution in [2.45, 2.75) is 68.8 Å². The van der Waals surface area contributed by atoms with E-state index in [1.807, 2.05) is 0 Å². The van der Waals surface area contributed by atoms with Crippen molar-refractivity contribution in [3.8, 4) is 0 Å². The van der Waals surface area contributed by atoms with Crippen LogP contribution < -0.4 is 4.90 Å². The number of anilines is 1. The van der Waals surface area contributed by atoms with Crippen molar-refractivity contribution in [3.63, 3.8) is 0 Å². The topological polar surface area (TPSA) is 104 Å². The summed E-state index contributed by atoms with van der Waals surface area (Å²) in [5.74, 6) is -1.20. The zero-order valence-electron chi connectivity index (χ0n) is 19.9. The Bertz CT molecular complexity index is 1240. The molecule has 196 valence electrons. The molecule has 2 atom stereocenters. The van der Waals surface area contributed by atoms with Gasteiger partial charge in [0.1, 0.15) is 12.0 Å². The maximum Gasteiger partial charge on any atom is 0.406 e. The summed E-state index contributed by atoms with van der Waals surface area (Å²) in [4.78, 5) is 40.8. The van der Waals surface area contributed by atoms with Crippen LogP contribution in [0.15, 0.2) is 42.5 Å². The van der Waals surface area contributed by atoms with Crippen LogP contribution in [-0.4, -0.2) is 45.5 Å². The zero-order valence-corrected chi connectivity index (χ0v) is 19.9. The summed E-state index contributed by atoms with van der Waals surface area (Å²) in [5, 5.41) is 20.9. The second kappa shape index (κ2) is 9.13. The molecule has 1 aliphatic carbocycles. The Morgan fingerprint density at radius 2 is 1.73 bits per heavy atom. The normalized spacial score (nSPS) is 24.3. The van der Waals surface area contributed by atoms with Crippen LogP contribution >= 0.6 is 0 Å². The summed E-state index contributed by atoms with van der Waals surface area (Å²) >= 11 is 0. The van der Waals surface area contributed by atoms with Gasteiger partial charge in [-0.05, 0) is 35.6 Å². The van der Waals surface area contributed by atoms with Crippen molar-refractivity contribution in [1.82, 2.24) is 4.90 Å². The van der Waals surface area contributed by atoms with Crippen molar-refractivity contribution in [2.75, 3.05) is 11.4 Å². The summed E-state index contributed by atoms with van der Waals surface area (Å²) < 4.78 is 41.3. The molecule has 2 aromatic carbocycles. The molecular formula is C26H26F3N3O5. The third-order valence-electron chi connectivity index (χ3n) is 7.85. The molecule has 2 aliphatic heterocycles. The van der Waals surface area contributed by atoms with Crippen LogP contribution in [0.5, 0.6) is 0 Å². The first kappa shape index (κ1) is 25.2. The van der Waals surface area contributed by atoms with E-state index in [0.717, 1.165) is 32.1 Å². The first-order chi connectivity index (χ1) is 17.6. The van der Waals surface area contributed by atoms with Gasteiger partial charge in [-0.3, -0.25) is 19.7 Å². The minimum absolute atomic E-state index is 0.0203. The smallest absolute Gasteiger partial charge is 0.392 e. The number of amides is 2. The number of likely N-dealkylation sites (tertiary alicyclic amines) is 1. The van der Waals surface area contributed by atoms with Crippen LogP contribution in [0.3, 0.4) is 0 Å². The molecule has 37 heavy (non-hydrogen) atoms. The number of fused-ring (bicyclic) bond motifs is 3. The zero-order chi connectivity index (χ0) is 26.5. The third kappa shape index (κ3) is 4.14. The molecular weight excluding hydrogens is 491 g/mol. The lowest BCUT2D eigenvalue weighted by Gasteiger charge is -2.48. The van der Waals surface area contributed by atoms with Gasteiger partial charge >= 0.3 is 6.18 Å². The largest absolute Gasteiger partial charge is 0.406 e. The molecule has 0 bridgehead atoms.